The Bertz CT molecular complexity index is 3240. The van der Waals surface area contributed by atoms with Gasteiger partial charge in [-0.1, -0.05) is 78.9 Å². The van der Waals surface area contributed by atoms with Gasteiger partial charge in [0, 0.05) is 51.4 Å². The molecule has 2 unspecified atom stereocenters. The number of β-amino-alcohol motifs (C(OH)–C–C–N with tert-alkyl or cyclic N) is 2. The molecule has 3 N–H and O–H groups in total. The first kappa shape index (κ1) is 44.2. The summed E-state index contributed by atoms with van der Waals surface area (Å²) in [7, 11) is 1.68. The first-order chi connectivity index (χ1) is 33.9. The predicted octanol–water partition coefficient (Wildman–Crippen LogP) is 9.57. The number of aromatic nitrogens is 4. The number of benzene rings is 7. The summed E-state index contributed by atoms with van der Waals surface area (Å²) in [4.78, 5) is 17.4. The molecule has 7 aromatic carbocycles. The van der Waals surface area contributed by atoms with Crippen LogP contribution in [0, 0.1) is 0 Å². The maximum atomic E-state index is 11.4. The Balaban J connectivity index is 0.915. The van der Waals surface area contributed by atoms with Crippen molar-refractivity contribution in [2.24, 2.45) is 0 Å². The quantitative estimate of drug-likeness (QED) is 0.0871. The lowest BCUT2D eigenvalue weighted by Gasteiger charge is -2.30. The van der Waals surface area contributed by atoms with Gasteiger partial charge in [-0.25, -0.2) is 9.97 Å². The number of aliphatic hydroxyl groups is 2. The lowest BCUT2D eigenvalue weighted by atomic mass is 9.94. The van der Waals surface area contributed by atoms with Crippen molar-refractivity contribution >= 4 is 22.1 Å². The minimum Gasteiger partial charge on any atom is -0.497 e. The van der Waals surface area contributed by atoms with Gasteiger partial charge in [0.2, 0.25) is 0 Å². The van der Waals surface area contributed by atoms with E-state index in [-0.39, 0.29) is 13.2 Å². The number of fused-ring (bicyclic) bond motifs is 4. The Hall–Kier alpha value is -7.28. The second-order valence-corrected chi connectivity index (χ2v) is 18.5. The van der Waals surface area contributed by atoms with Crippen molar-refractivity contribution in [3.05, 3.63) is 186 Å². The molecule has 0 aliphatic carbocycles. The van der Waals surface area contributed by atoms with Crippen LogP contribution >= 0.6 is 0 Å². The second kappa shape index (κ2) is 19.7. The van der Waals surface area contributed by atoms with E-state index in [0.717, 1.165) is 106 Å². The topological polar surface area (TPSA) is 121 Å². The van der Waals surface area contributed by atoms with Crippen LogP contribution in [-0.4, -0.2) is 98.2 Å². The number of aromatic amines is 1. The highest BCUT2D eigenvalue weighted by Gasteiger charge is 2.22. The van der Waals surface area contributed by atoms with Crippen LogP contribution in [0.2, 0.25) is 0 Å². The number of aliphatic hydroxyl groups excluding tert-OH is 2. The SMILES string of the molecule is COc1ccc(Cn2cnc3c(-c4cc(OCC(O)CN5CCc6ccccc6C5)cc(-c5ccc6nc[nH]c6c5)c4)cc(-c4cccc(OCC(O)CN5CCc6ccccc6C5)c4)cc32)cc1. The summed E-state index contributed by atoms with van der Waals surface area (Å²) in [5.41, 5.74) is 15.9. The van der Waals surface area contributed by atoms with Crippen molar-refractivity contribution in [1.29, 1.82) is 0 Å². The minimum absolute atomic E-state index is 0.139. The molecule has 11 rings (SSSR count). The highest BCUT2D eigenvalue weighted by atomic mass is 16.5. The first-order valence-corrected chi connectivity index (χ1v) is 23.9. The van der Waals surface area contributed by atoms with Gasteiger partial charge in [-0.15, -0.1) is 0 Å². The molecule has 2 aromatic heterocycles. The van der Waals surface area contributed by atoms with E-state index in [9.17, 15) is 10.2 Å². The summed E-state index contributed by atoms with van der Waals surface area (Å²) in [5.74, 6) is 2.14. The summed E-state index contributed by atoms with van der Waals surface area (Å²) < 4.78 is 20.5. The number of methoxy groups -OCH3 is 1. The van der Waals surface area contributed by atoms with Crippen LogP contribution in [-0.2, 0) is 32.5 Å². The molecule has 2 aliphatic heterocycles. The van der Waals surface area contributed by atoms with Crippen LogP contribution in [0.25, 0.3) is 55.4 Å². The van der Waals surface area contributed by atoms with Gasteiger partial charge < -0.3 is 34.0 Å². The van der Waals surface area contributed by atoms with Gasteiger partial charge in [0.1, 0.15) is 42.7 Å². The third-order valence-electron chi connectivity index (χ3n) is 13.6. The summed E-state index contributed by atoms with van der Waals surface area (Å²) in [5, 5.41) is 22.6. The molecule has 9 aromatic rings. The highest BCUT2D eigenvalue weighted by molar-refractivity contribution is 5.97. The van der Waals surface area contributed by atoms with Crippen molar-refractivity contribution in [2.45, 2.75) is 44.7 Å². The van der Waals surface area contributed by atoms with Crippen molar-refractivity contribution in [1.82, 2.24) is 29.3 Å². The molecule has 11 heteroatoms. The van der Waals surface area contributed by atoms with E-state index < -0.39 is 12.2 Å². The van der Waals surface area contributed by atoms with Gasteiger partial charge in [-0.05, 0) is 135 Å². The maximum absolute atomic E-state index is 11.4. The lowest BCUT2D eigenvalue weighted by molar-refractivity contribution is 0.0637. The number of ether oxygens (including phenoxy) is 3. The van der Waals surface area contributed by atoms with Gasteiger partial charge in [0.25, 0.3) is 0 Å². The van der Waals surface area contributed by atoms with E-state index in [4.69, 9.17) is 19.2 Å². The fourth-order valence-electron chi connectivity index (χ4n) is 10.00. The third kappa shape index (κ3) is 10.00. The molecule has 4 heterocycles. The monoisotopic (exact) mass is 916 g/mol. The molecule has 11 nitrogen and oxygen atoms in total. The van der Waals surface area contributed by atoms with Crippen LogP contribution < -0.4 is 14.2 Å². The Morgan fingerprint density at radius 2 is 1.22 bits per heavy atom. The Morgan fingerprint density at radius 1 is 0.580 bits per heavy atom. The van der Waals surface area contributed by atoms with Crippen molar-refractivity contribution in [3.63, 3.8) is 0 Å². The molecular formula is C58H56N6O5. The zero-order valence-electron chi connectivity index (χ0n) is 38.8. The Labute approximate surface area is 402 Å². The molecule has 2 atom stereocenters. The number of H-pyrrole nitrogens is 1. The average Bonchev–Trinajstić information content (AvgIpc) is 4.04. The van der Waals surface area contributed by atoms with Crippen LogP contribution in [0.3, 0.4) is 0 Å². The largest absolute Gasteiger partial charge is 0.497 e. The average molecular weight is 917 g/mol. The van der Waals surface area contributed by atoms with Gasteiger partial charge in [-0.3, -0.25) is 9.80 Å². The number of nitrogens with one attached hydrogen (secondary N) is 1. The van der Waals surface area contributed by atoms with E-state index in [1.165, 1.54) is 22.3 Å². The van der Waals surface area contributed by atoms with Gasteiger partial charge in [0.05, 0.1) is 41.8 Å². The van der Waals surface area contributed by atoms with Crippen molar-refractivity contribution in [3.8, 4) is 50.6 Å². The summed E-state index contributed by atoms with van der Waals surface area (Å²) in [6.07, 6.45) is 4.24. The minimum atomic E-state index is -0.690. The molecule has 0 bridgehead atoms. The van der Waals surface area contributed by atoms with E-state index >= 15 is 0 Å². The Kier molecular flexibility index (Phi) is 12.7. The smallest absolute Gasteiger partial charge is 0.120 e. The number of rotatable bonds is 16. The molecule has 0 radical (unpaired) electrons. The van der Waals surface area contributed by atoms with E-state index in [1.807, 2.05) is 48.8 Å². The van der Waals surface area contributed by atoms with Crippen LogP contribution in [0.5, 0.6) is 17.2 Å². The highest BCUT2D eigenvalue weighted by Crippen LogP contribution is 2.39. The molecule has 0 amide bonds. The van der Waals surface area contributed by atoms with E-state index in [1.54, 1.807) is 13.4 Å². The second-order valence-electron chi connectivity index (χ2n) is 18.5. The summed E-state index contributed by atoms with van der Waals surface area (Å²) in [6.45, 7) is 5.43. The number of nitrogens with zero attached hydrogens (tertiary/aromatic N) is 5. The van der Waals surface area contributed by atoms with Crippen molar-refractivity contribution < 1.29 is 24.4 Å². The number of hydrogen-bond acceptors (Lipinski definition) is 9. The fourth-order valence-corrected chi connectivity index (χ4v) is 10.00. The molecule has 0 saturated carbocycles. The molecule has 0 spiro atoms. The predicted molar refractivity (Wildman–Crippen MR) is 272 cm³/mol. The van der Waals surface area contributed by atoms with Crippen molar-refractivity contribution in [2.75, 3.05) is 46.5 Å². The fraction of sp³-hybridized carbons (Fsp3) is 0.241. The molecule has 2 aliphatic rings. The van der Waals surface area contributed by atoms with E-state index in [0.29, 0.717) is 31.1 Å². The standard InChI is InChI=1S/C58H56N6O5/c1-67-51-16-13-39(14-17-51)30-64-38-61-58-54(27-47(29-57(58)64)42-11-6-12-52(24-42)68-35-49(65)33-62-21-19-40-7-2-4-9-44(40)31-62)48-23-46(43-15-18-55-56(28-43)60-37-59-55)25-53(26-48)69-36-50(66)34-63-22-20-41-8-3-5-10-45(41)32-63/h2-18,23-29,37-38,49-50,65-66H,19-22,30-36H2,1H3,(H,59,60). The number of hydrogen-bond donors (Lipinski definition) is 3. The zero-order chi connectivity index (χ0) is 46.7. The van der Waals surface area contributed by atoms with Crippen LogP contribution in [0.4, 0.5) is 0 Å². The van der Waals surface area contributed by atoms with Gasteiger partial charge in [-0.2, -0.15) is 0 Å². The van der Waals surface area contributed by atoms with Crippen LogP contribution in [0.1, 0.15) is 27.8 Å². The number of imidazole rings is 2. The summed E-state index contributed by atoms with van der Waals surface area (Å²) in [6, 6.07) is 50.2. The van der Waals surface area contributed by atoms with Gasteiger partial charge >= 0.3 is 0 Å². The summed E-state index contributed by atoms with van der Waals surface area (Å²) >= 11 is 0. The Morgan fingerprint density at radius 3 is 1.93 bits per heavy atom. The molecule has 348 valence electrons. The third-order valence-corrected chi connectivity index (χ3v) is 13.6. The van der Waals surface area contributed by atoms with Crippen LogP contribution in [0.15, 0.2) is 158 Å². The van der Waals surface area contributed by atoms with E-state index in [2.05, 4.69) is 127 Å². The first-order valence-electron chi connectivity index (χ1n) is 23.9. The molecule has 69 heavy (non-hydrogen) atoms. The zero-order valence-corrected chi connectivity index (χ0v) is 38.8. The molecule has 0 fully saturated rings. The molecule has 0 saturated heterocycles. The normalized spacial score (nSPS) is 14.9. The maximum Gasteiger partial charge on any atom is 0.120 e. The van der Waals surface area contributed by atoms with Gasteiger partial charge in [0.15, 0.2) is 0 Å². The molecular weight excluding hydrogens is 861 g/mol. The lowest BCUT2D eigenvalue weighted by Crippen LogP contribution is -2.38.